The number of hydrogen-bond acceptors (Lipinski definition) is 5. The Morgan fingerprint density at radius 1 is 1.06 bits per heavy atom. The van der Waals surface area contributed by atoms with Crippen LogP contribution in [0.2, 0.25) is 0 Å². The second kappa shape index (κ2) is 10.9. The van der Waals surface area contributed by atoms with Crippen LogP contribution in [0.4, 0.5) is 0 Å². The Bertz CT molecular complexity index is 1160. The van der Waals surface area contributed by atoms with E-state index in [0.29, 0.717) is 25.3 Å². The second-order valence-electron chi connectivity index (χ2n) is 7.42. The number of nitrogens with one attached hydrogen (secondary N) is 1. The van der Waals surface area contributed by atoms with Crippen LogP contribution in [0.5, 0.6) is 0 Å². The van der Waals surface area contributed by atoms with Gasteiger partial charge in [0.2, 0.25) is 0 Å². The van der Waals surface area contributed by atoms with E-state index in [0.717, 1.165) is 33.9 Å². The molecular weight excluding hydrogens is 420 g/mol. The molecule has 0 aliphatic carbocycles. The molecular formula is C25H26N4O2S. The van der Waals surface area contributed by atoms with Crippen LogP contribution in [-0.2, 0) is 17.0 Å². The molecule has 0 unspecified atom stereocenters. The van der Waals surface area contributed by atoms with Crippen LogP contribution in [-0.4, -0.2) is 40.7 Å². The van der Waals surface area contributed by atoms with Gasteiger partial charge in [0.25, 0.3) is 5.91 Å². The maximum atomic E-state index is 12.3. The lowest BCUT2D eigenvalue weighted by atomic mass is 10.1. The normalized spacial score (nSPS) is 11.0. The zero-order valence-corrected chi connectivity index (χ0v) is 18.8. The molecule has 1 amide bonds. The molecule has 0 spiro atoms. The van der Waals surface area contributed by atoms with Gasteiger partial charge in [0, 0.05) is 37.8 Å². The molecule has 2 heterocycles. The number of pyridine rings is 1. The van der Waals surface area contributed by atoms with Crippen molar-refractivity contribution in [3.63, 3.8) is 0 Å². The summed E-state index contributed by atoms with van der Waals surface area (Å²) in [6.07, 6.45) is 4.42. The van der Waals surface area contributed by atoms with Crippen LogP contribution in [0.3, 0.4) is 0 Å². The molecule has 2 aromatic heterocycles. The quantitative estimate of drug-likeness (QED) is 0.286. The fourth-order valence-electron chi connectivity index (χ4n) is 3.40. The standard InChI is InChI=1S/C25H26N4O2S/c1-31-15-5-13-27-24(30)21-10-8-19(9-11-21)17-29-23-16-26-14-12-22(23)28-25(29)32-18-20-6-3-2-4-7-20/h2-4,6-12,14,16H,5,13,15,17-18H2,1H3,(H,27,30). The Labute approximate surface area is 192 Å². The minimum Gasteiger partial charge on any atom is -0.385 e. The van der Waals surface area contributed by atoms with E-state index in [1.54, 1.807) is 25.1 Å². The molecule has 0 saturated heterocycles. The van der Waals surface area contributed by atoms with Crippen molar-refractivity contribution in [2.75, 3.05) is 20.3 Å². The van der Waals surface area contributed by atoms with E-state index < -0.39 is 0 Å². The summed E-state index contributed by atoms with van der Waals surface area (Å²) in [5.41, 5.74) is 4.95. The van der Waals surface area contributed by atoms with E-state index in [4.69, 9.17) is 9.72 Å². The van der Waals surface area contributed by atoms with Crippen molar-refractivity contribution in [2.45, 2.75) is 23.9 Å². The molecule has 0 bridgehead atoms. The summed E-state index contributed by atoms with van der Waals surface area (Å²) in [5, 5.41) is 3.87. The molecule has 32 heavy (non-hydrogen) atoms. The molecule has 0 fully saturated rings. The second-order valence-corrected chi connectivity index (χ2v) is 8.36. The summed E-state index contributed by atoms with van der Waals surface area (Å²) in [4.78, 5) is 21.4. The molecule has 0 atom stereocenters. The average Bonchev–Trinajstić information content (AvgIpc) is 3.19. The maximum absolute atomic E-state index is 12.3. The van der Waals surface area contributed by atoms with Crippen molar-refractivity contribution >= 4 is 28.7 Å². The number of benzene rings is 2. The van der Waals surface area contributed by atoms with E-state index in [1.165, 1.54) is 5.56 Å². The highest BCUT2D eigenvalue weighted by Gasteiger charge is 2.13. The number of rotatable bonds is 10. The van der Waals surface area contributed by atoms with Gasteiger partial charge in [-0.1, -0.05) is 54.2 Å². The number of thioether (sulfide) groups is 1. The van der Waals surface area contributed by atoms with Gasteiger partial charge in [-0.2, -0.15) is 0 Å². The van der Waals surface area contributed by atoms with Crippen LogP contribution in [0.25, 0.3) is 11.0 Å². The lowest BCUT2D eigenvalue weighted by Gasteiger charge is -2.10. The Hall–Kier alpha value is -3.16. The van der Waals surface area contributed by atoms with Gasteiger partial charge in [-0.25, -0.2) is 4.98 Å². The minimum atomic E-state index is -0.0657. The number of amides is 1. The third-order valence-corrected chi connectivity index (χ3v) is 6.14. The van der Waals surface area contributed by atoms with Gasteiger partial charge in [0.05, 0.1) is 23.8 Å². The Kier molecular flexibility index (Phi) is 7.53. The predicted octanol–water partition coefficient (Wildman–Crippen LogP) is 4.54. The predicted molar refractivity (Wildman–Crippen MR) is 128 cm³/mol. The van der Waals surface area contributed by atoms with Crippen molar-refractivity contribution < 1.29 is 9.53 Å². The first kappa shape index (κ1) is 22.0. The first-order valence-corrected chi connectivity index (χ1v) is 11.6. The van der Waals surface area contributed by atoms with E-state index in [9.17, 15) is 4.79 Å². The van der Waals surface area contributed by atoms with Gasteiger partial charge >= 0.3 is 0 Å². The van der Waals surface area contributed by atoms with Crippen molar-refractivity contribution in [1.29, 1.82) is 0 Å². The van der Waals surface area contributed by atoms with Crippen molar-refractivity contribution in [2.24, 2.45) is 0 Å². The van der Waals surface area contributed by atoms with Gasteiger partial charge in [-0.05, 0) is 35.7 Å². The number of imidazole rings is 1. The number of fused-ring (bicyclic) bond motifs is 1. The largest absolute Gasteiger partial charge is 0.385 e. The van der Waals surface area contributed by atoms with E-state index in [-0.39, 0.29) is 5.91 Å². The Morgan fingerprint density at radius 2 is 1.88 bits per heavy atom. The number of carbonyl (C=O) groups is 1. The van der Waals surface area contributed by atoms with Gasteiger partial charge in [0.1, 0.15) is 0 Å². The van der Waals surface area contributed by atoms with E-state index in [1.807, 2.05) is 42.6 Å². The van der Waals surface area contributed by atoms with Crippen LogP contribution in [0.15, 0.2) is 78.2 Å². The zero-order chi connectivity index (χ0) is 22.2. The number of nitrogens with zero attached hydrogens (tertiary/aromatic N) is 3. The first-order valence-electron chi connectivity index (χ1n) is 10.6. The first-order chi connectivity index (χ1) is 15.7. The molecule has 0 radical (unpaired) electrons. The summed E-state index contributed by atoms with van der Waals surface area (Å²) in [5.74, 6) is 0.781. The highest BCUT2D eigenvalue weighted by molar-refractivity contribution is 7.98. The highest BCUT2D eigenvalue weighted by Crippen LogP contribution is 2.27. The van der Waals surface area contributed by atoms with Crippen molar-refractivity contribution in [3.8, 4) is 0 Å². The van der Waals surface area contributed by atoms with Crippen LogP contribution < -0.4 is 5.32 Å². The Morgan fingerprint density at radius 3 is 2.66 bits per heavy atom. The third kappa shape index (κ3) is 5.55. The van der Waals surface area contributed by atoms with Gasteiger partial charge in [-0.15, -0.1) is 0 Å². The summed E-state index contributed by atoms with van der Waals surface area (Å²) < 4.78 is 7.20. The minimum absolute atomic E-state index is 0.0657. The zero-order valence-electron chi connectivity index (χ0n) is 18.0. The van der Waals surface area contributed by atoms with E-state index >= 15 is 0 Å². The fourth-order valence-corrected chi connectivity index (χ4v) is 4.37. The third-order valence-electron chi connectivity index (χ3n) is 5.09. The molecule has 164 valence electrons. The topological polar surface area (TPSA) is 69.0 Å². The molecule has 6 nitrogen and oxygen atoms in total. The molecule has 0 aliphatic rings. The van der Waals surface area contributed by atoms with Crippen molar-refractivity contribution in [3.05, 3.63) is 89.7 Å². The maximum Gasteiger partial charge on any atom is 0.251 e. The number of methoxy groups -OCH3 is 1. The SMILES string of the molecule is COCCCNC(=O)c1ccc(Cn2c(SCc3ccccc3)nc3ccncc32)cc1. The molecule has 0 saturated carbocycles. The fraction of sp³-hybridized carbons (Fsp3) is 0.240. The van der Waals surface area contributed by atoms with Crippen LogP contribution in [0.1, 0.15) is 27.9 Å². The molecule has 4 aromatic rings. The number of carbonyl (C=O) groups excluding carboxylic acids is 1. The molecule has 7 heteroatoms. The van der Waals surface area contributed by atoms with E-state index in [2.05, 4.69) is 39.1 Å². The highest BCUT2D eigenvalue weighted by atomic mass is 32.2. The lowest BCUT2D eigenvalue weighted by molar-refractivity contribution is 0.0948. The molecule has 2 aromatic carbocycles. The number of hydrogen-bond donors (Lipinski definition) is 1. The smallest absolute Gasteiger partial charge is 0.251 e. The Balaban J connectivity index is 1.48. The van der Waals surface area contributed by atoms with Crippen LogP contribution >= 0.6 is 11.8 Å². The average molecular weight is 447 g/mol. The number of ether oxygens (including phenoxy) is 1. The molecule has 4 rings (SSSR count). The molecule has 1 N–H and O–H groups in total. The van der Waals surface area contributed by atoms with Crippen LogP contribution in [0, 0.1) is 0 Å². The monoisotopic (exact) mass is 446 g/mol. The van der Waals surface area contributed by atoms with Gasteiger partial charge in [0.15, 0.2) is 5.16 Å². The summed E-state index contributed by atoms with van der Waals surface area (Å²) in [6, 6.07) is 20.1. The van der Waals surface area contributed by atoms with Gasteiger partial charge in [-0.3, -0.25) is 9.78 Å². The lowest BCUT2D eigenvalue weighted by Crippen LogP contribution is -2.25. The number of aromatic nitrogens is 3. The van der Waals surface area contributed by atoms with Gasteiger partial charge < -0.3 is 14.6 Å². The summed E-state index contributed by atoms with van der Waals surface area (Å²) >= 11 is 1.72. The summed E-state index contributed by atoms with van der Waals surface area (Å²) in [6.45, 7) is 1.90. The van der Waals surface area contributed by atoms with Crippen molar-refractivity contribution in [1.82, 2.24) is 19.9 Å². The molecule has 0 aliphatic heterocycles. The summed E-state index contributed by atoms with van der Waals surface area (Å²) in [7, 11) is 1.66.